The molecule has 0 radical (unpaired) electrons. The third kappa shape index (κ3) is 9.19. The van der Waals surface area contributed by atoms with Crippen LogP contribution in [0.3, 0.4) is 0 Å². The summed E-state index contributed by atoms with van der Waals surface area (Å²) in [4.78, 5) is 16.3. The van der Waals surface area contributed by atoms with Gasteiger partial charge in [0.1, 0.15) is 0 Å². The van der Waals surface area contributed by atoms with Crippen LogP contribution in [0.15, 0.2) is 212 Å². The molecule has 0 saturated heterocycles. The minimum atomic E-state index is 0.376. The molecule has 0 saturated carbocycles. The van der Waals surface area contributed by atoms with Gasteiger partial charge in [-0.15, -0.1) is 0 Å². The van der Waals surface area contributed by atoms with Crippen LogP contribution >= 0.6 is 0 Å². The third-order valence-electron chi connectivity index (χ3n) is 17.2. The second-order valence-electron chi connectivity index (χ2n) is 23.2. The summed E-state index contributed by atoms with van der Waals surface area (Å²) < 4.78 is 4.59. The van der Waals surface area contributed by atoms with E-state index in [4.69, 9.17) is 15.0 Å². The lowest BCUT2D eigenvalue weighted by Gasteiger charge is -2.17. The Bertz CT molecular complexity index is 4710. The molecule has 0 fully saturated rings. The van der Waals surface area contributed by atoms with Crippen LogP contribution in [-0.4, -0.2) is 24.1 Å². The van der Waals surface area contributed by atoms with Gasteiger partial charge in [0, 0.05) is 38.2 Å². The number of nitrogens with zero attached hydrogens (tertiary/aromatic N) is 7. The zero-order valence-corrected chi connectivity index (χ0v) is 49.3. The Kier molecular flexibility index (Phi) is 13.0. The van der Waals surface area contributed by atoms with Crippen LogP contribution in [0.1, 0.15) is 55.6 Å². The maximum atomic E-state index is 10.7. The minimum absolute atomic E-state index is 0.376. The van der Waals surface area contributed by atoms with E-state index in [9.17, 15) is 10.5 Å². The molecule has 0 aliphatic rings. The van der Waals surface area contributed by atoms with Gasteiger partial charge in [-0.1, -0.05) is 150 Å². The topological polar surface area (TPSA) is 96.1 Å². The Hall–Kier alpha value is -11.0. The van der Waals surface area contributed by atoms with Crippen LogP contribution < -0.4 is 0 Å². The molecule has 0 spiro atoms. The van der Waals surface area contributed by atoms with Crippen molar-refractivity contribution in [3.05, 3.63) is 268 Å². The van der Waals surface area contributed by atoms with Crippen LogP contribution in [-0.2, 0) is 0 Å². The van der Waals surface area contributed by atoms with E-state index in [1.165, 1.54) is 66.8 Å². The standard InChI is InChI=1S/C79H59N7/c1-46-14-24-61(50(5)34-46)57-20-30-71-65(40-57)66-41-58(62-25-15-47(2)35-51(62)6)21-31-72(66)85(71)75-28-18-54(44-80)38-69(75)78-82-77(56-12-10-9-11-13-56)83-79(84-78)70-39-55(45-81)19-29-76(70)86-73-32-22-59(63-26-16-48(3)36-52(63)7)42-67(73)68-43-60(23-33-74(68)86)64-27-17-49(4)37-53(64)8/h9-43H,1-8H3. The maximum Gasteiger partial charge on any atom is 0.166 e. The van der Waals surface area contributed by atoms with Crippen molar-refractivity contribution in [3.63, 3.8) is 0 Å². The molecule has 11 aromatic carbocycles. The first-order valence-electron chi connectivity index (χ1n) is 29.2. The van der Waals surface area contributed by atoms with Crippen molar-refractivity contribution >= 4 is 43.6 Å². The Labute approximate surface area is 501 Å². The highest BCUT2D eigenvalue weighted by molar-refractivity contribution is 6.14. The Morgan fingerprint density at radius 3 is 0.895 bits per heavy atom. The van der Waals surface area contributed by atoms with E-state index in [-0.39, 0.29) is 0 Å². The summed E-state index contributed by atoms with van der Waals surface area (Å²) >= 11 is 0. The molecule has 0 aliphatic heterocycles. The first kappa shape index (κ1) is 53.0. The van der Waals surface area contributed by atoms with Crippen molar-refractivity contribution < 1.29 is 0 Å². The van der Waals surface area contributed by atoms with Crippen molar-refractivity contribution in [2.75, 3.05) is 0 Å². The van der Waals surface area contributed by atoms with Gasteiger partial charge in [0.05, 0.1) is 56.7 Å². The van der Waals surface area contributed by atoms with Crippen LogP contribution in [0.2, 0.25) is 0 Å². The quantitative estimate of drug-likeness (QED) is 0.143. The Balaban J connectivity index is 1.02. The smallest absolute Gasteiger partial charge is 0.166 e. The van der Waals surface area contributed by atoms with Crippen molar-refractivity contribution in [1.82, 2.24) is 24.1 Å². The summed E-state index contributed by atoms with van der Waals surface area (Å²) in [5.74, 6) is 1.20. The van der Waals surface area contributed by atoms with Crippen LogP contribution in [0.4, 0.5) is 0 Å². The lowest BCUT2D eigenvalue weighted by atomic mass is 9.95. The van der Waals surface area contributed by atoms with Crippen LogP contribution in [0.25, 0.3) is 134 Å². The zero-order chi connectivity index (χ0) is 59.1. The van der Waals surface area contributed by atoms with Gasteiger partial charge in [0.25, 0.3) is 0 Å². The van der Waals surface area contributed by atoms with Gasteiger partial charge in [0.15, 0.2) is 17.5 Å². The molecule has 0 unspecified atom stereocenters. The normalized spacial score (nSPS) is 11.5. The number of benzene rings is 11. The lowest BCUT2D eigenvalue weighted by molar-refractivity contribution is 1.06. The first-order valence-corrected chi connectivity index (χ1v) is 29.2. The summed E-state index contributed by atoms with van der Waals surface area (Å²) in [5, 5.41) is 25.8. The van der Waals surface area contributed by atoms with Gasteiger partial charge in [0.2, 0.25) is 0 Å². The summed E-state index contributed by atoms with van der Waals surface area (Å²) in [6.07, 6.45) is 0. The molecule has 3 heterocycles. The average Bonchev–Trinajstić information content (AvgIpc) is 1.65. The van der Waals surface area contributed by atoms with E-state index in [0.29, 0.717) is 39.7 Å². The molecule has 0 N–H and O–H groups in total. The fourth-order valence-electron chi connectivity index (χ4n) is 13.1. The number of aryl methyl sites for hydroxylation is 8. The summed E-state index contributed by atoms with van der Waals surface area (Å²) in [6.45, 7) is 17.2. The molecule has 0 bridgehead atoms. The van der Waals surface area contributed by atoms with Gasteiger partial charge in [-0.25, -0.2) is 15.0 Å². The molecule has 7 nitrogen and oxygen atoms in total. The fourth-order valence-corrected chi connectivity index (χ4v) is 13.1. The molecule has 0 amide bonds. The molecule has 14 rings (SSSR count). The van der Waals surface area contributed by atoms with E-state index in [2.05, 4.69) is 222 Å². The number of aromatic nitrogens is 5. The van der Waals surface area contributed by atoms with Crippen molar-refractivity contribution in [1.29, 1.82) is 10.5 Å². The SMILES string of the molecule is Cc1ccc(-c2ccc3c(c2)c2cc(-c4ccc(C)cc4C)ccc2n3-c2ccc(C#N)cc2-c2nc(-c3ccccc3)nc(-c3cc(C#N)ccc3-n3c4ccc(-c5ccc(C)cc5C)cc4c4cc(-c5ccc(C)cc5C)ccc43)n2)c(C)c1. The minimum Gasteiger partial charge on any atom is -0.308 e. The summed E-state index contributed by atoms with van der Waals surface area (Å²) in [7, 11) is 0. The Morgan fingerprint density at radius 1 is 0.279 bits per heavy atom. The third-order valence-corrected chi connectivity index (χ3v) is 17.2. The highest BCUT2D eigenvalue weighted by atomic mass is 15.1. The van der Waals surface area contributed by atoms with Gasteiger partial charge >= 0.3 is 0 Å². The largest absolute Gasteiger partial charge is 0.308 e. The number of rotatable bonds is 9. The predicted octanol–water partition coefficient (Wildman–Crippen LogP) is 19.9. The van der Waals surface area contributed by atoms with Gasteiger partial charge in [-0.3, -0.25) is 0 Å². The number of hydrogen-bond donors (Lipinski definition) is 0. The molecular formula is C79H59N7. The van der Waals surface area contributed by atoms with Crippen molar-refractivity contribution in [2.24, 2.45) is 0 Å². The molecular weight excluding hydrogens is 1050 g/mol. The van der Waals surface area contributed by atoms with E-state index in [0.717, 1.165) is 82.8 Å². The Morgan fingerprint density at radius 2 is 0.593 bits per heavy atom. The molecule has 14 aromatic rings. The predicted molar refractivity (Wildman–Crippen MR) is 354 cm³/mol. The van der Waals surface area contributed by atoms with Crippen molar-refractivity contribution in [3.8, 4) is 102 Å². The summed E-state index contributed by atoms with van der Waals surface area (Å²) in [5.41, 5.74) is 27.5. The molecule has 3 aromatic heterocycles. The number of fused-ring (bicyclic) bond motifs is 6. The number of nitriles is 2. The monoisotopic (exact) mass is 1110 g/mol. The average molecular weight is 1110 g/mol. The van der Waals surface area contributed by atoms with E-state index < -0.39 is 0 Å². The second kappa shape index (κ2) is 21.0. The van der Waals surface area contributed by atoms with Gasteiger partial charge in [-0.05, 0) is 207 Å². The molecule has 7 heteroatoms. The molecule has 0 atom stereocenters. The maximum absolute atomic E-state index is 10.7. The van der Waals surface area contributed by atoms with Crippen molar-refractivity contribution in [2.45, 2.75) is 55.4 Å². The number of hydrogen-bond acceptors (Lipinski definition) is 5. The molecule has 0 aliphatic carbocycles. The van der Waals surface area contributed by atoms with E-state index in [1.807, 2.05) is 66.7 Å². The van der Waals surface area contributed by atoms with Crippen LogP contribution in [0.5, 0.6) is 0 Å². The van der Waals surface area contributed by atoms with E-state index in [1.54, 1.807) is 0 Å². The molecule has 86 heavy (non-hydrogen) atoms. The molecule has 410 valence electrons. The zero-order valence-electron chi connectivity index (χ0n) is 49.3. The van der Waals surface area contributed by atoms with Gasteiger partial charge < -0.3 is 9.13 Å². The second-order valence-corrected chi connectivity index (χ2v) is 23.2. The lowest BCUT2D eigenvalue weighted by Crippen LogP contribution is -2.06. The van der Waals surface area contributed by atoms with Crippen LogP contribution in [0, 0.1) is 78.1 Å². The van der Waals surface area contributed by atoms with E-state index >= 15 is 0 Å². The highest BCUT2D eigenvalue weighted by Crippen LogP contribution is 2.44. The first-order chi connectivity index (χ1) is 41.8. The fraction of sp³-hybridized carbons (Fsp3) is 0.101. The van der Waals surface area contributed by atoms with Gasteiger partial charge in [-0.2, -0.15) is 10.5 Å². The summed E-state index contributed by atoms with van der Waals surface area (Å²) in [6, 6.07) is 80.0. The highest BCUT2D eigenvalue weighted by Gasteiger charge is 2.25.